The summed E-state index contributed by atoms with van der Waals surface area (Å²) in [7, 11) is 0. The van der Waals surface area contributed by atoms with Crippen molar-refractivity contribution in [1.82, 2.24) is 10.3 Å². The molecule has 3 nitrogen and oxygen atoms in total. The maximum Gasteiger partial charge on any atom is 0.0797 e. The Morgan fingerprint density at radius 3 is 2.83 bits per heavy atom. The highest BCUT2D eigenvalue weighted by molar-refractivity contribution is 7.09. The van der Waals surface area contributed by atoms with Crippen LogP contribution in [0.1, 0.15) is 37.3 Å². The summed E-state index contributed by atoms with van der Waals surface area (Å²) >= 11 is 1.73. The molecule has 2 rings (SSSR count). The summed E-state index contributed by atoms with van der Waals surface area (Å²) in [5.41, 5.74) is 3.07. The Balaban J connectivity index is 1.69. The summed E-state index contributed by atoms with van der Waals surface area (Å²) in [5.74, 6) is 0.568. The molecule has 1 N–H and O–H groups in total. The molecule has 1 heterocycles. The highest BCUT2D eigenvalue weighted by Gasteiger charge is 2.23. The number of thiazole rings is 1. The molecule has 1 aromatic heterocycles. The molecule has 1 unspecified atom stereocenters. The maximum absolute atomic E-state index is 6.03. The Morgan fingerprint density at radius 1 is 1.50 bits per heavy atom. The summed E-state index contributed by atoms with van der Waals surface area (Å²) in [6, 6.07) is 0.763. The van der Waals surface area contributed by atoms with Gasteiger partial charge < -0.3 is 10.1 Å². The minimum Gasteiger partial charge on any atom is -0.376 e. The highest BCUT2D eigenvalue weighted by atomic mass is 32.1. The van der Waals surface area contributed by atoms with Crippen LogP contribution in [0.4, 0.5) is 0 Å². The predicted molar refractivity (Wildman–Crippen MR) is 76.2 cm³/mol. The van der Waals surface area contributed by atoms with Gasteiger partial charge in [-0.3, -0.25) is 0 Å². The Hall–Kier alpha value is -0.450. The Bertz CT molecular complexity index is 360. The first kappa shape index (κ1) is 14.0. The van der Waals surface area contributed by atoms with Gasteiger partial charge in [0.05, 0.1) is 23.9 Å². The van der Waals surface area contributed by atoms with E-state index in [1.165, 1.54) is 17.7 Å². The molecule has 1 aliphatic rings. The third-order valence-corrected chi connectivity index (χ3v) is 4.43. The zero-order valence-corrected chi connectivity index (χ0v) is 12.4. The van der Waals surface area contributed by atoms with E-state index in [2.05, 4.69) is 31.1 Å². The van der Waals surface area contributed by atoms with Gasteiger partial charge >= 0.3 is 0 Å². The number of nitrogens with one attached hydrogen (secondary N) is 1. The second-order valence-electron chi connectivity index (χ2n) is 5.45. The lowest BCUT2D eigenvalue weighted by atomic mass is 10.1. The molecule has 0 aromatic carbocycles. The van der Waals surface area contributed by atoms with Crippen molar-refractivity contribution in [3.63, 3.8) is 0 Å². The van der Waals surface area contributed by atoms with E-state index in [4.69, 9.17) is 4.74 Å². The lowest BCUT2D eigenvalue weighted by molar-refractivity contribution is 0.0247. The molecule has 0 spiro atoms. The number of hydrogen-bond acceptors (Lipinski definition) is 4. The SMILES string of the molecule is Cc1ncsc1CCOC(CNC1CC1)C(C)C. The molecule has 0 bridgehead atoms. The molecule has 0 saturated heterocycles. The van der Waals surface area contributed by atoms with E-state index in [1.807, 2.05) is 5.51 Å². The molecule has 0 amide bonds. The third-order valence-electron chi connectivity index (χ3n) is 3.43. The number of rotatable bonds is 8. The van der Waals surface area contributed by atoms with Crippen molar-refractivity contribution in [2.24, 2.45) is 5.92 Å². The van der Waals surface area contributed by atoms with Crippen LogP contribution >= 0.6 is 11.3 Å². The zero-order chi connectivity index (χ0) is 13.0. The summed E-state index contributed by atoms with van der Waals surface area (Å²) in [5, 5.41) is 3.56. The van der Waals surface area contributed by atoms with Crippen molar-refractivity contribution in [1.29, 1.82) is 0 Å². The minimum atomic E-state index is 0.332. The summed E-state index contributed by atoms with van der Waals surface area (Å²) < 4.78 is 6.03. The highest BCUT2D eigenvalue weighted by Crippen LogP contribution is 2.19. The van der Waals surface area contributed by atoms with Crippen LogP contribution in [0.15, 0.2) is 5.51 Å². The summed E-state index contributed by atoms with van der Waals surface area (Å²) in [6.07, 6.45) is 4.00. The van der Waals surface area contributed by atoms with E-state index in [0.29, 0.717) is 12.0 Å². The van der Waals surface area contributed by atoms with Crippen LogP contribution in [0.2, 0.25) is 0 Å². The van der Waals surface area contributed by atoms with Gasteiger partial charge in [-0.1, -0.05) is 13.8 Å². The van der Waals surface area contributed by atoms with Crippen LogP contribution in [-0.4, -0.2) is 30.3 Å². The molecule has 1 aromatic rings. The summed E-state index contributed by atoms with van der Waals surface area (Å²) in [6.45, 7) is 8.33. The fraction of sp³-hybridized carbons (Fsp3) is 0.786. The van der Waals surface area contributed by atoms with E-state index >= 15 is 0 Å². The van der Waals surface area contributed by atoms with Crippen LogP contribution in [0.3, 0.4) is 0 Å². The van der Waals surface area contributed by atoms with Gasteiger partial charge in [0.25, 0.3) is 0 Å². The number of aromatic nitrogens is 1. The molecule has 1 saturated carbocycles. The molecule has 18 heavy (non-hydrogen) atoms. The van der Waals surface area contributed by atoms with E-state index in [0.717, 1.165) is 31.3 Å². The van der Waals surface area contributed by atoms with E-state index < -0.39 is 0 Å². The van der Waals surface area contributed by atoms with Gasteiger partial charge in [0, 0.05) is 23.9 Å². The average molecular weight is 268 g/mol. The zero-order valence-electron chi connectivity index (χ0n) is 11.6. The third kappa shape index (κ3) is 4.34. The monoisotopic (exact) mass is 268 g/mol. The standard InChI is InChI=1S/C14H24N2OS/c1-10(2)13(8-15-12-4-5-12)17-7-6-14-11(3)16-9-18-14/h9-10,12-13,15H,4-8H2,1-3H3. The smallest absolute Gasteiger partial charge is 0.0797 e. The molecule has 102 valence electrons. The minimum absolute atomic E-state index is 0.332. The lowest BCUT2D eigenvalue weighted by Gasteiger charge is -2.22. The van der Waals surface area contributed by atoms with E-state index in [-0.39, 0.29) is 0 Å². The Morgan fingerprint density at radius 2 is 2.28 bits per heavy atom. The molecule has 1 atom stereocenters. The van der Waals surface area contributed by atoms with Crippen molar-refractivity contribution in [3.8, 4) is 0 Å². The van der Waals surface area contributed by atoms with E-state index in [1.54, 1.807) is 11.3 Å². The van der Waals surface area contributed by atoms with E-state index in [9.17, 15) is 0 Å². The van der Waals surface area contributed by atoms with Gasteiger partial charge in [0.1, 0.15) is 0 Å². The van der Waals surface area contributed by atoms with Crippen LogP contribution in [0.25, 0.3) is 0 Å². The first-order valence-electron chi connectivity index (χ1n) is 6.90. The van der Waals surface area contributed by atoms with Crippen molar-refractivity contribution in [2.75, 3.05) is 13.2 Å². The molecule has 0 aliphatic heterocycles. The fourth-order valence-electron chi connectivity index (χ4n) is 1.93. The lowest BCUT2D eigenvalue weighted by Crippen LogP contribution is -2.34. The van der Waals surface area contributed by atoms with Gasteiger partial charge in [-0.05, 0) is 25.7 Å². The van der Waals surface area contributed by atoms with Crippen molar-refractivity contribution in [2.45, 2.75) is 52.2 Å². The van der Waals surface area contributed by atoms with Gasteiger partial charge in [0.2, 0.25) is 0 Å². The topological polar surface area (TPSA) is 34.1 Å². The van der Waals surface area contributed by atoms with Crippen LogP contribution < -0.4 is 5.32 Å². The largest absolute Gasteiger partial charge is 0.376 e. The van der Waals surface area contributed by atoms with Crippen molar-refractivity contribution in [3.05, 3.63) is 16.1 Å². The van der Waals surface area contributed by atoms with Gasteiger partial charge in [-0.2, -0.15) is 0 Å². The normalized spacial score (nSPS) is 17.3. The Kier molecular flexibility index (Phi) is 5.15. The second-order valence-corrected chi connectivity index (χ2v) is 6.39. The number of nitrogens with zero attached hydrogens (tertiary/aromatic N) is 1. The molecule has 1 aliphatic carbocycles. The number of ether oxygens (including phenoxy) is 1. The van der Waals surface area contributed by atoms with Crippen LogP contribution in [-0.2, 0) is 11.2 Å². The maximum atomic E-state index is 6.03. The molecule has 4 heteroatoms. The molecular formula is C14H24N2OS. The predicted octanol–water partition coefficient (Wildman–Crippen LogP) is 2.79. The van der Waals surface area contributed by atoms with Gasteiger partial charge in [-0.15, -0.1) is 11.3 Å². The fourth-order valence-corrected chi connectivity index (χ4v) is 2.69. The average Bonchev–Trinajstić information content (AvgIpc) is 3.07. The summed E-state index contributed by atoms with van der Waals surface area (Å²) in [4.78, 5) is 5.62. The Labute approximate surface area is 114 Å². The van der Waals surface area contributed by atoms with Crippen LogP contribution in [0.5, 0.6) is 0 Å². The van der Waals surface area contributed by atoms with Gasteiger partial charge in [0.15, 0.2) is 0 Å². The first-order valence-corrected chi connectivity index (χ1v) is 7.78. The van der Waals surface area contributed by atoms with Crippen molar-refractivity contribution >= 4 is 11.3 Å². The second kappa shape index (κ2) is 6.64. The molecular weight excluding hydrogens is 244 g/mol. The molecule has 0 radical (unpaired) electrons. The first-order chi connectivity index (χ1) is 8.66. The number of aryl methyl sites for hydroxylation is 1. The molecule has 1 fully saturated rings. The van der Waals surface area contributed by atoms with Gasteiger partial charge in [-0.25, -0.2) is 4.98 Å². The quantitative estimate of drug-likeness (QED) is 0.787. The number of hydrogen-bond donors (Lipinski definition) is 1. The van der Waals surface area contributed by atoms with Crippen molar-refractivity contribution < 1.29 is 4.74 Å². The van der Waals surface area contributed by atoms with Crippen LogP contribution in [0, 0.1) is 12.8 Å².